The van der Waals surface area contributed by atoms with Crippen molar-refractivity contribution < 1.29 is 4.79 Å². The van der Waals surface area contributed by atoms with Gasteiger partial charge in [-0.15, -0.1) is 0 Å². The van der Waals surface area contributed by atoms with Gasteiger partial charge in [0.1, 0.15) is 0 Å². The summed E-state index contributed by atoms with van der Waals surface area (Å²) in [5.74, 6) is 0.602. The average Bonchev–Trinajstić information content (AvgIpc) is 2.48. The van der Waals surface area contributed by atoms with Crippen LogP contribution in [-0.4, -0.2) is 32.1 Å². The van der Waals surface area contributed by atoms with Crippen LogP contribution in [0.5, 0.6) is 0 Å². The second-order valence-electron chi connectivity index (χ2n) is 5.59. The quantitative estimate of drug-likeness (QED) is 0.735. The van der Waals surface area contributed by atoms with Crippen molar-refractivity contribution >= 4 is 17.3 Å². The molecule has 0 bridgehead atoms. The van der Waals surface area contributed by atoms with Crippen molar-refractivity contribution in [1.29, 1.82) is 0 Å². The Hall–Kier alpha value is -1.71. The Morgan fingerprint density at radius 2 is 1.76 bits per heavy atom. The molecule has 0 atom stereocenters. The van der Waals surface area contributed by atoms with E-state index in [0.717, 1.165) is 25.3 Å². The third-order valence-electron chi connectivity index (χ3n) is 3.38. The number of rotatable bonds is 9. The van der Waals surface area contributed by atoms with Crippen LogP contribution in [0.25, 0.3) is 0 Å². The van der Waals surface area contributed by atoms with Crippen molar-refractivity contribution in [3.63, 3.8) is 0 Å². The molecule has 0 unspecified atom stereocenters. The second-order valence-corrected chi connectivity index (χ2v) is 5.59. The van der Waals surface area contributed by atoms with Gasteiger partial charge in [-0.3, -0.25) is 4.79 Å². The Bertz CT molecular complexity index is 411. The Labute approximate surface area is 128 Å². The lowest BCUT2D eigenvalue weighted by molar-refractivity contribution is -0.120. The van der Waals surface area contributed by atoms with E-state index < -0.39 is 0 Å². The maximum atomic E-state index is 11.6. The van der Waals surface area contributed by atoms with Crippen LogP contribution in [-0.2, 0) is 4.79 Å². The van der Waals surface area contributed by atoms with Crippen molar-refractivity contribution in [2.24, 2.45) is 5.92 Å². The van der Waals surface area contributed by atoms with Gasteiger partial charge in [-0.1, -0.05) is 13.8 Å². The number of nitrogens with zero attached hydrogens (tertiary/aromatic N) is 1. The SMILES string of the molecule is CCN(CC)c1ccc(NCCC(=O)NCC(C)C)cc1. The number of nitrogens with one attached hydrogen (secondary N) is 2. The van der Waals surface area contributed by atoms with Gasteiger partial charge in [0.2, 0.25) is 5.91 Å². The van der Waals surface area contributed by atoms with Crippen LogP contribution < -0.4 is 15.5 Å². The molecular weight excluding hydrogens is 262 g/mol. The number of amides is 1. The molecule has 0 aromatic heterocycles. The highest BCUT2D eigenvalue weighted by molar-refractivity contribution is 5.76. The Morgan fingerprint density at radius 3 is 2.29 bits per heavy atom. The molecule has 1 rings (SSSR count). The molecule has 0 fully saturated rings. The van der Waals surface area contributed by atoms with Crippen LogP contribution in [0.15, 0.2) is 24.3 Å². The Balaban J connectivity index is 2.34. The monoisotopic (exact) mass is 291 g/mol. The number of anilines is 2. The van der Waals surface area contributed by atoms with Crippen LogP contribution >= 0.6 is 0 Å². The molecular formula is C17H29N3O. The van der Waals surface area contributed by atoms with Gasteiger partial charge in [0.15, 0.2) is 0 Å². The molecule has 4 nitrogen and oxygen atoms in total. The van der Waals surface area contributed by atoms with Gasteiger partial charge in [-0.25, -0.2) is 0 Å². The average molecular weight is 291 g/mol. The predicted octanol–water partition coefficient (Wildman–Crippen LogP) is 3.11. The van der Waals surface area contributed by atoms with Crippen LogP contribution in [0.2, 0.25) is 0 Å². The van der Waals surface area contributed by atoms with E-state index >= 15 is 0 Å². The fraction of sp³-hybridized carbons (Fsp3) is 0.588. The van der Waals surface area contributed by atoms with Crippen molar-refractivity contribution in [2.45, 2.75) is 34.1 Å². The minimum absolute atomic E-state index is 0.107. The molecule has 21 heavy (non-hydrogen) atoms. The molecule has 1 amide bonds. The minimum Gasteiger partial charge on any atom is -0.385 e. The first-order valence-corrected chi connectivity index (χ1v) is 7.92. The fourth-order valence-electron chi connectivity index (χ4n) is 2.11. The fourth-order valence-corrected chi connectivity index (χ4v) is 2.11. The van der Waals surface area contributed by atoms with Gasteiger partial charge in [0.25, 0.3) is 0 Å². The van der Waals surface area contributed by atoms with Crippen LogP contribution in [0.4, 0.5) is 11.4 Å². The number of carbonyl (C=O) groups excluding carboxylic acids is 1. The first-order chi connectivity index (χ1) is 10.1. The third-order valence-corrected chi connectivity index (χ3v) is 3.38. The maximum absolute atomic E-state index is 11.6. The number of carbonyl (C=O) groups is 1. The minimum atomic E-state index is 0.107. The zero-order chi connectivity index (χ0) is 15.7. The van der Waals surface area contributed by atoms with Gasteiger partial charge in [0.05, 0.1) is 0 Å². The first-order valence-electron chi connectivity index (χ1n) is 7.92. The molecule has 0 saturated carbocycles. The van der Waals surface area contributed by atoms with E-state index in [4.69, 9.17) is 0 Å². The van der Waals surface area contributed by atoms with Crippen molar-refractivity contribution in [3.8, 4) is 0 Å². The smallest absolute Gasteiger partial charge is 0.221 e. The zero-order valence-electron chi connectivity index (χ0n) is 13.8. The van der Waals surface area contributed by atoms with Crippen LogP contribution in [0.1, 0.15) is 34.1 Å². The standard InChI is InChI=1S/C17H29N3O/c1-5-20(6-2)16-9-7-15(8-10-16)18-12-11-17(21)19-13-14(3)4/h7-10,14,18H,5-6,11-13H2,1-4H3,(H,19,21). The summed E-state index contributed by atoms with van der Waals surface area (Å²) in [6.45, 7) is 11.9. The summed E-state index contributed by atoms with van der Waals surface area (Å²) in [6, 6.07) is 8.38. The van der Waals surface area contributed by atoms with Gasteiger partial charge in [0, 0.05) is 44.0 Å². The summed E-state index contributed by atoms with van der Waals surface area (Å²) in [5.41, 5.74) is 2.29. The van der Waals surface area contributed by atoms with E-state index in [9.17, 15) is 4.79 Å². The highest BCUT2D eigenvalue weighted by Gasteiger charge is 2.03. The van der Waals surface area contributed by atoms with E-state index in [1.807, 2.05) is 0 Å². The van der Waals surface area contributed by atoms with E-state index in [1.165, 1.54) is 5.69 Å². The summed E-state index contributed by atoms with van der Waals surface area (Å²) >= 11 is 0. The van der Waals surface area contributed by atoms with Gasteiger partial charge in [-0.2, -0.15) is 0 Å². The van der Waals surface area contributed by atoms with Crippen molar-refractivity contribution in [1.82, 2.24) is 5.32 Å². The van der Waals surface area contributed by atoms with E-state index in [-0.39, 0.29) is 5.91 Å². The molecule has 0 spiro atoms. The highest BCUT2D eigenvalue weighted by Crippen LogP contribution is 2.17. The van der Waals surface area contributed by atoms with Crippen LogP contribution in [0.3, 0.4) is 0 Å². The topological polar surface area (TPSA) is 44.4 Å². The Morgan fingerprint density at radius 1 is 1.14 bits per heavy atom. The van der Waals surface area contributed by atoms with E-state index in [1.54, 1.807) is 0 Å². The first kappa shape index (κ1) is 17.3. The second kappa shape index (κ2) is 9.27. The summed E-state index contributed by atoms with van der Waals surface area (Å²) in [5, 5.41) is 6.21. The number of benzene rings is 1. The molecule has 0 aliphatic carbocycles. The zero-order valence-corrected chi connectivity index (χ0v) is 13.8. The largest absolute Gasteiger partial charge is 0.385 e. The molecule has 118 valence electrons. The summed E-state index contributed by atoms with van der Waals surface area (Å²) < 4.78 is 0. The molecule has 0 heterocycles. The molecule has 0 radical (unpaired) electrons. The van der Waals surface area contributed by atoms with Crippen LogP contribution in [0, 0.1) is 5.92 Å². The lowest BCUT2D eigenvalue weighted by Crippen LogP contribution is -2.28. The van der Waals surface area contributed by atoms with Crippen molar-refractivity contribution in [2.75, 3.05) is 36.4 Å². The molecule has 1 aromatic carbocycles. The molecule has 0 saturated heterocycles. The molecule has 0 aliphatic rings. The van der Waals surface area contributed by atoms with Gasteiger partial charge < -0.3 is 15.5 Å². The van der Waals surface area contributed by atoms with E-state index in [0.29, 0.717) is 18.9 Å². The number of hydrogen-bond acceptors (Lipinski definition) is 3. The predicted molar refractivity (Wildman–Crippen MR) is 91.0 cm³/mol. The lowest BCUT2D eigenvalue weighted by atomic mass is 10.2. The van der Waals surface area contributed by atoms with Gasteiger partial charge >= 0.3 is 0 Å². The summed E-state index contributed by atoms with van der Waals surface area (Å²) in [7, 11) is 0. The van der Waals surface area contributed by atoms with E-state index in [2.05, 4.69) is 67.5 Å². The number of hydrogen-bond donors (Lipinski definition) is 2. The molecule has 2 N–H and O–H groups in total. The Kier molecular flexibility index (Phi) is 7.65. The van der Waals surface area contributed by atoms with Gasteiger partial charge in [-0.05, 0) is 44.0 Å². The summed E-state index contributed by atoms with van der Waals surface area (Å²) in [6.07, 6.45) is 0.504. The maximum Gasteiger partial charge on any atom is 0.221 e. The molecule has 0 aliphatic heterocycles. The third kappa shape index (κ3) is 6.52. The normalized spacial score (nSPS) is 10.5. The lowest BCUT2D eigenvalue weighted by Gasteiger charge is -2.21. The highest BCUT2D eigenvalue weighted by atomic mass is 16.1. The summed E-state index contributed by atoms with van der Waals surface area (Å²) in [4.78, 5) is 13.9. The molecule has 1 aromatic rings. The molecule has 4 heteroatoms. The van der Waals surface area contributed by atoms with Crippen molar-refractivity contribution in [3.05, 3.63) is 24.3 Å².